The number of hydrogen-bond acceptors (Lipinski definition) is 3. The van der Waals surface area contributed by atoms with Gasteiger partial charge in [0.05, 0.1) is 11.5 Å². The van der Waals surface area contributed by atoms with E-state index in [1.807, 2.05) is 0 Å². The molecule has 0 aliphatic carbocycles. The fraction of sp³-hybridized carbons (Fsp3) is 0.846. The molecule has 0 bridgehead atoms. The summed E-state index contributed by atoms with van der Waals surface area (Å²) >= 11 is 0. The lowest BCUT2D eigenvalue weighted by atomic mass is 9.77. The molecule has 1 fully saturated rings. The van der Waals surface area contributed by atoms with Gasteiger partial charge in [0, 0.05) is 19.5 Å². The molecule has 1 saturated heterocycles. The first-order chi connectivity index (χ1) is 8.25. The summed E-state index contributed by atoms with van der Waals surface area (Å²) in [6.07, 6.45) is 5.30. The third-order valence-electron chi connectivity index (χ3n) is 3.63. The highest BCUT2D eigenvalue weighted by molar-refractivity contribution is 5.82. The van der Waals surface area contributed by atoms with Crippen LogP contribution >= 0.6 is 0 Å². The zero-order valence-corrected chi connectivity index (χ0v) is 10.7. The van der Waals surface area contributed by atoms with E-state index in [9.17, 15) is 4.79 Å². The molecule has 0 aromatic rings. The van der Waals surface area contributed by atoms with Gasteiger partial charge in [-0.2, -0.15) is 5.26 Å². The molecule has 1 heterocycles. The Morgan fingerprint density at radius 1 is 1.53 bits per heavy atom. The normalized spacial score (nSPS) is 24.0. The predicted octanol–water partition coefficient (Wildman–Crippen LogP) is 1.58. The summed E-state index contributed by atoms with van der Waals surface area (Å²) in [5, 5.41) is 14.7. The first-order valence-electron chi connectivity index (χ1n) is 6.61. The number of nitriles is 1. The number of nitrogens with zero attached hydrogens (tertiary/aromatic N) is 1. The molecule has 1 unspecified atom stereocenters. The zero-order valence-electron chi connectivity index (χ0n) is 10.7. The number of nitrogens with one attached hydrogen (secondary N) is 2. The molecule has 1 atom stereocenters. The lowest BCUT2D eigenvalue weighted by Crippen LogP contribution is -2.50. The van der Waals surface area contributed by atoms with E-state index in [4.69, 9.17) is 5.26 Å². The Kier molecular flexibility index (Phi) is 5.99. The van der Waals surface area contributed by atoms with Crippen molar-refractivity contribution in [2.45, 2.75) is 45.4 Å². The summed E-state index contributed by atoms with van der Waals surface area (Å²) in [5.41, 5.74) is -0.201. The first kappa shape index (κ1) is 14.0. The smallest absolute Gasteiger partial charge is 0.227 e. The summed E-state index contributed by atoms with van der Waals surface area (Å²) in [7, 11) is 0. The fourth-order valence-electron chi connectivity index (χ4n) is 2.34. The summed E-state index contributed by atoms with van der Waals surface area (Å²) < 4.78 is 0. The molecule has 0 spiro atoms. The van der Waals surface area contributed by atoms with Crippen LogP contribution in [0.5, 0.6) is 0 Å². The largest absolute Gasteiger partial charge is 0.356 e. The molecule has 0 saturated carbocycles. The van der Waals surface area contributed by atoms with Crippen LogP contribution < -0.4 is 10.6 Å². The molecule has 1 aliphatic rings. The Hall–Kier alpha value is -1.08. The van der Waals surface area contributed by atoms with Crippen LogP contribution in [-0.4, -0.2) is 25.5 Å². The van der Waals surface area contributed by atoms with Crippen LogP contribution in [0, 0.1) is 16.7 Å². The Labute approximate surface area is 104 Å². The van der Waals surface area contributed by atoms with Gasteiger partial charge in [0.1, 0.15) is 0 Å². The van der Waals surface area contributed by atoms with Crippen molar-refractivity contribution >= 4 is 5.91 Å². The Balaban J connectivity index is 2.31. The average molecular weight is 237 g/mol. The highest BCUT2D eigenvalue weighted by Gasteiger charge is 2.37. The van der Waals surface area contributed by atoms with Crippen molar-refractivity contribution in [1.82, 2.24) is 10.6 Å². The molecular weight excluding hydrogens is 214 g/mol. The minimum atomic E-state index is -0.201. The maximum Gasteiger partial charge on any atom is 0.227 e. The number of piperidine rings is 1. The molecule has 4 nitrogen and oxygen atoms in total. The van der Waals surface area contributed by atoms with Crippen LogP contribution in [0.4, 0.5) is 0 Å². The second-order valence-corrected chi connectivity index (χ2v) is 4.79. The molecule has 17 heavy (non-hydrogen) atoms. The van der Waals surface area contributed by atoms with Crippen LogP contribution in [0.1, 0.15) is 45.4 Å². The van der Waals surface area contributed by atoms with E-state index in [1.165, 1.54) is 0 Å². The second-order valence-electron chi connectivity index (χ2n) is 4.79. The maximum absolute atomic E-state index is 12.2. The van der Waals surface area contributed by atoms with Crippen LogP contribution in [0.25, 0.3) is 0 Å². The highest BCUT2D eigenvalue weighted by atomic mass is 16.2. The minimum Gasteiger partial charge on any atom is -0.356 e. The topological polar surface area (TPSA) is 64.9 Å². The number of amides is 1. The van der Waals surface area contributed by atoms with E-state index in [2.05, 4.69) is 23.6 Å². The van der Waals surface area contributed by atoms with Crippen LogP contribution in [-0.2, 0) is 4.79 Å². The van der Waals surface area contributed by atoms with Gasteiger partial charge < -0.3 is 10.6 Å². The first-order valence-corrected chi connectivity index (χ1v) is 6.61. The van der Waals surface area contributed by atoms with E-state index in [1.54, 1.807) is 0 Å². The molecule has 1 rings (SSSR count). The van der Waals surface area contributed by atoms with E-state index in [0.29, 0.717) is 13.0 Å². The monoisotopic (exact) mass is 237 g/mol. The van der Waals surface area contributed by atoms with Crippen molar-refractivity contribution in [3.63, 3.8) is 0 Å². The van der Waals surface area contributed by atoms with Crippen molar-refractivity contribution in [2.75, 3.05) is 19.6 Å². The van der Waals surface area contributed by atoms with Gasteiger partial charge >= 0.3 is 0 Å². The third-order valence-corrected chi connectivity index (χ3v) is 3.63. The number of carbonyl (C=O) groups excluding carboxylic acids is 1. The van der Waals surface area contributed by atoms with Gasteiger partial charge in [-0.05, 0) is 38.6 Å². The van der Waals surface area contributed by atoms with Crippen LogP contribution in [0.15, 0.2) is 0 Å². The van der Waals surface area contributed by atoms with Gasteiger partial charge in [-0.1, -0.05) is 6.92 Å². The lowest BCUT2D eigenvalue weighted by molar-refractivity contribution is -0.132. The molecule has 1 amide bonds. The Bertz CT molecular complexity index is 277. The predicted molar refractivity (Wildman–Crippen MR) is 67.3 cm³/mol. The fourth-order valence-corrected chi connectivity index (χ4v) is 2.34. The van der Waals surface area contributed by atoms with Gasteiger partial charge in [-0.15, -0.1) is 0 Å². The summed E-state index contributed by atoms with van der Waals surface area (Å²) in [6.45, 7) is 4.61. The molecule has 2 N–H and O–H groups in total. The zero-order chi connectivity index (χ0) is 12.6. The highest BCUT2D eigenvalue weighted by Crippen LogP contribution is 2.30. The summed E-state index contributed by atoms with van der Waals surface area (Å²) in [6, 6.07) is 2.12. The summed E-state index contributed by atoms with van der Waals surface area (Å²) in [4.78, 5) is 12.2. The molecule has 0 aromatic heterocycles. The Morgan fingerprint density at radius 3 is 2.94 bits per heavy atom. The number of hydrogen-bond donors (Lipinski definition) is 2. The third kappa shape index (κ3) is 4.01. The van der Waals surface area contributed by atoms with Crippen molar-refractivity contribution in [2.24, 2.45) is 5.41 Å². The van der Waals surface area contributed by atoms with Gasteiger partial charge in [0.2, 0.25) is 5.91 Å². The second kappa shape index (κ2) is 7.29. The number of carbonyl (C=O) groups is 1. The van der Waals surface area contributed by atoms with Crippen LogP contribution in [0.3, 0.4) is 0 Å². The summed E-state index contributed by atoms with van der Waals surface area (Å²) in [5.74, 6) is 0.184. The quantitative estimate of drug-likeness (QED) is 0.689. The van der Waals surface area contributed by atoms with Crippen LogP contribution in [0.2, 0.25) is 0 Å². The van der Waals surface area contributed by atoms with Gasteiger partial charge in [0.25, 0.3) is 0 Å². The Morgan fingerprint density at radius 2 is 2.35 bits per heavy atom. The molecular formula is C13H23N3O. The number of unbranched alkanes of at least 4 members (excludes halogenated alkanes) is 2. The van der Waals surface area contributed by atoms with E-state index in [0.717, 1.165) is 45.2 Å². The van der Waals surface area contributed by atoms with Gasteiger partial charge in [-0.3, -0.25) is 4.79 Å². The van der Waals surface area contributed by atoms with Crippen molar-refractivity contribution in [3.8, 4) is 6.07 Å². The molecule has 96 valence electrons. The van der Waals surface area contributed by atoms with E-state index < -0.39 is 0 Å². The van der Waals surface area contributed by atoms with Crippen molar-refractivity contribution in [1.29, 1.82) is 5.26 Å². The average Bonchev–Trinajstić information content (AvgIpc) is 2.39. The molecule has 4 heteroatoms. The van der Waals surface area contributed by atoms with E-state index in [-0.39, 0.29) is 11.3 Å². The van der Waals surface area contributed by atoms with Gasteiger partial charge in [-0.25, -0.2) is 0 Å². The SMILES string of the molecule is CCC1(C(=O)NCCCCC#N)CCCNC1. The molecule has 0 aromatic carbocycles. The van der Waals surface area contributed by atoms with Gasteiger partial charge in [0.15, 0.2) is 0 Å². The molecule has 0 radical (unpaired) electrons. The maximum atomic E-state index is 12.2. The van der Waals surface area contributed by atoms with E-state index >= 15 is 0 Å². The lowest BCUT2D eigenvalue weighted by Gasteiger charge is -2.35. The number of rotatable bonds is 6. The van der Waals surface area contributed by atoms with Crippen molar-refractivity contribution in [3.05, 3.63) is 0 Å². The van der Waals surface area contributed by atoms with Crippen molar-refractivity contribution < 1.29 is 4.79 Å². The standard InChI is InChI=1S/C13H23N3O/c1-2-13(7-6-9-15-11-13)12(17)16-10-5-3-4-8-14/h15H,2-7,9-11H2,1H3,(H,16,17). The molecule has 1 aliphatic heterocycles. The minimum absolute atomic E-state index is 0.184.